The van der Waals surface area contributed by atoms with Crippen molar-refractivity contribution in [1.82, 2.24) is 25.4 Å². The van der Waals surface area contributed by atoms with Crippen molar-refractivity contribution in [2.75, 3.05) is 13.1 Å². The van der Waals surface area contributed by atoms with Crippen molar-refractivity contribution in [1.29, 1.82) is 0 Å². The van der Waals surface area contributed by atoms with Gasteiger partial charge in [0, 0.05) is 37.2 Å². The standard InChI is InChI=1S/C15H19N5O2/c21-15(11-20-7-1-4-19-20)18-8-12-2-5-17-10-14(12)22-13-3-6-16-9-13/h1-2,4-5,7,10,13,16H,3,6,8-9,11H2,(H,18,21)/t13-/m0/s1. The van der Waals surface area contributed by atoms with E-state index in [2.05, 4.69) is 20.7 Å². The molecule has 0 aromatic carbocycles. The Morgan fingerprint density at radius 1 is 1.50 bits per heavy atom. The van der Waals surface area contributed by atoms with E-state index in [0.717, 1.165) is 30.8 Å². The van der Waals surface area contributed by atoms with Gasteiger partial charge in [-0.25, -0.2) is 0 Å². The zero-order valence-corrected chi connectivity index (χ0v) is 12.2. The Balaban J connectivity index is 1.56. The zero-order chi connectivity index (χ0) is 15.2. The van der Waals surface area contributed by atoms with Crippen LogP contribution in [0, 0.1) is 0 Å². The molecule has 3 rings (SSSR count). The van der Waals surface area contributed by atoms with Gasteiger partial charge in [0.05, 0.1) is 6.20 Å². The second kappa shape index (κ2) is 7.04. The van der Waals surface area contributed by atoms with E-state index in [0.29, 0.717) is 6.54 Å². The second-order valence-electron chi connectivity index (χ2n) is 5.20. The Kier molecular flexibility index (Phi) is 4.65. The average molecular weight is 301 g/mol. The fourth-order valence-electron chi connectivity index (χ4n) is 2.36. The maximum absolute atomic E-state index is 11.9. The normalized spacial score (nSPS) is 17.4. The van der Waals surface area contributed by atoms with Gasteiger partial charge < -0.3 is 15.4 Å². The maximum Gasteiger partial charge on any atom is 0.241 e. The Hall–Kier alpha value is -2.41. The van der Waals surface area contributed by atoms with Gasteiger partial charge in [0.2, 0.25) is 5.91 Å². The predicted molar refractivity (Wildman–Crippen MR) is 80.2 cm³/mol. The van der Waals surface area contributed by atoms with Crippen molar-refractivity contribution in [3.05, 3.63) is 42.5 Å². The lowest BCUT2D eigenvalue weighted by atomic mass is 10.2. The maximum atomic E-state index is 11.9. The third-order valence-electron chi connectivity index (χ3n) is 3.52. The number of carbonyl (C=O) groups excluding carboxylic acids is 1. The minimum Gasteiger partial charge on any atom is -0.487 e. The molecule has 2 aromatic rings. The number of ether oxygens (including phenoxy) is 1. The van der Waals surface area contributed by atoms with E-state index >= 15 is 0 Å². The largest absolute Gasteiger partial charge is 0.487 e. The minimum absolute atomic E-state index is 0.0889. The SMILES string of the molecule is O=C(Cn1cccn1)NCc1ccncc1O[C@H]1CCNC1. The fourth-order valence-corrected chi connectivity index (χ4v) is 2.36. The van der Waals surface area contributed by atoms with Crippen LogP contribution in [0.2, 0.25) is 0 Å². The van der Waals surface area contributed by atoms with Crippen LogP contribution in [0.15, 0.2) is 36.9 Å². The Bertz CT molecular complexity index is 608. The van der Waals surface area contributed by atoms with Gasteiger partial charge in [-0.05, 0) is 25.1 Å². The summed E-state index contributed by atoms with van der Waals surface area (Å²) >= 11 is 0. The number of hydrogen-bond donors (Lipinski definition) is 2. The molecule has 1 atom stereocenters. The van der Waals surface area contributed by atoms with Gasteiger partial charge in [-0.2, -0.15) is 5.10 Å². The van der Waals surface area contributed by atoms with E-state index in [1.54, 1.807) is 35.5 Å². The molecule has 7 heteroatoms. The summed E-state index contributed by atoms with van der Waals surface area (Å²) in [6.07, 6.45) is 7.97. The van der Waals surface area contributed by atoms with Crippen molar-refractivity contribution in [3.8, 4) is 5.75 Å². The minimum atomic E-state index is -0.0889. The smallest absolute Gasteiger partial charge is 0.241 e. The number of aromatic nitrogens is 3. The van der Waals surface area contributed by atoms with Crippen molar-refractivity contribution < 1.29 is 9.53 Å². The molecule has 0 bridgehead atoms. The van der Waals surface area contributed by atoms with Crippen molar-refractivity contribution in [2.45, 2.75) is 25.6 Å². The number of rotatable bonds is 6. The molecular formula is C15H19N5O2. The molecule has 1 amide bonds. The highest BCUT2D eigenvalue weighted by atomic mass is 16.5. The Morgan fingerprint density at radius 3 is 3.23 bits per heavy atom. The first-order valence-electron chi connectivity index (χ1n) is 7.35. The van der Waals surface area contributed by atoms with Gasteiger partial charge in [0.15, 0.2) is 0 Å². The van der Waals surface area contributed by atoms with E-state index < -0.39 is 0 Å². The van der Waals surface area contributed by atoms with E-state index in [9.17, 15) is 4.79 Å². The molecule has 1 aliphatic heterocycles. The molecular weight excluding hydrogens is 282 g/mol. The van der Waals surface area contributed by atoms with E-state index in [1.165, 1.54) is 0 Å². The number of hydrogen-bond acceptors (Lipinski definition) is 5. The van der Waals surface area contributed by atoms with Crippen LogP contribution in [0.5, 0.6) is 5.75 Å². The van der Waals surface area contributed by atoms with Crippen LogP contribution in [-0.2, 0) is 17.9 Å². The molecule has 7 nitrogen and oxygen atoms in total. The molecule has 0 saturated carbocycles. The molecule has 1 saturated heterocycles. The number of pyridine rings is 1. The quantitative estimate of drug-likeness (QED) is 0.804. The Labute approximate surface area is 128 Å². The van der Waals surface area contributed by atoms with Crippen LogP contribution in [0.4, 0.5) is 0 Å². The highest BCUT2D eigenvalue weighted by Gasteiger charge is 2.17. The van der Waals surface area contributed by atoms with E-state index in [4.69, 9.17) is 4.74 Å². The van der Waals surface area contributed by atoms with Gasteiger partial charge in [-0.15, -0.1) is 0 Å². The van der Waals surface area contributed by atoms with Crippen LogP contribution < -0.4 is 15.4 Å². The topological polar surface area (TPSA) is 81.1 Å². The summed E-state index contributed by atoms with van der Waals surface area (Å²) in [5.41, 5.74) is 0.927. The Morgan fingerprint density at radius 2 is 2.45 bits per heavy atom. The van der Waals surface area contributed by atoms with Crippen LogP contribution in [0.25, 0.3) is 0 Å². The highest BCUT2D eigenvalue weighted by Crippen LogP contribution is 2.19. The van der Waals surface area contributed by atoms with Gasteiger partial charge in [-0.3, -0.25) is 14.5 Å². The molecule has 2 aromatic heterocycles. The molecule has 0 aliphatic carbocycles. The summed E-state index contributed by atoms with van der Waals surface area (Å²) in [5.74, 6) is 0.643. The van der Waals surface area contributed by atoms with Crippen molar-refractivity contribution >= 4 is 5.91 Å². The molecule has 2 N–H and O–H groups in total. The lowest BCUT2D eigenvalue weighted by molar-refractivity contribution is -0.122. The molecule has 1 fully saturated rings. The summed E-state index contributed by atoms with van der Waals surface area (Å²) in [6, 6.07) is 3.66. The zero-order valence-electron chi connectivity index (χ0n) is 12.2. The molecule has 3 heterocycles. The van der Waals surface area contributed by atoms with Crippen LogP contribution in [-0.4, -0.2) is 39.9 Å². The summed E-state index contributed by atoms with van der Waals surface area (Å²) in [7, 11) is 0. The second-order valence-corrected chi connectivity index (χ2v) is 5.20. The summed E-state index contributed by atoms with van der Waals surface area (Å²) in [5, 5.41) is 10.2. The predicted octanol–water partition coefficient (Wildman–Crippen LogP) is 0.335. The van der Waals surface area contributed by atoms with E-state index in [1.807, 2.05) is 6.07 Å². The third-order valence-corrected chi connectivity index (χ3v) is 3.52. The lowest BCUT2D eigenvalue weighted by Crippen LogP contribution is -2.28. The van der Waals surface area contributed by atoms with Crippen molar-refractivity contribution in [3.63, 3.8) is 0 Å². The number of amides is 1. The summed E-state index contributed by atoms with van der Waals surface area (Å²) in [6.45, 7) is 2.44. The molecule has 0 radical (unpaired) electrons. The molecule has 0 unspecified atom stereocenters. The third kappa shape index (κ3) is 3.82. The number of nitrogens with zero attached hydrogens (tertiary/aromatic N) is 3. The number of nitrogens with one attached hydrogen (secondary N) is 2. The molecule has 1 aliphatic rings. The van der Waals surface area contributed by atoms with Gasteiger partial charge in [0.1, 0.15) is 18.4 Å². The summed E-state index contributed by atoms with van der Waals surface area (Å²) < 4.78 is 7.54. The highest BCUT2D eigenvalue weighted by molar-refractivity contribution is 5.75. The lowest BCUT2D eigenvalue weighted by Gasteiger charge is -2.15. The van der Waals surface area contributed by atoms with Crippen LogP contribution in [0.3, 0.4) is 0 Å². The van der Waals surface area contributed by atoms with Crippen LogP contribution >= 0.6 is 0 Å². The van der Waals surface area contributed by atoms with Gasteiger partial charge in [-0.1, -0.05) is 0 Å². The monoisotopic (exact) mass is 301 g/mol. The molecule has 116 valence electrons. The summed E-state index contributed by atoms with van der Waals surface area (Å²) in [4.78, 5) is 16.0. The van der Waals surface area contributed by atoms with E-state index in [-0.39, 0.29) is 18.6 Å². The fraction of sp³-hybridized carbons (Fsp3) is 0.400. The van der Waals surface area contributed by atoms with Crippen molar-refractivity contribution in [2.24, 2.45) is 0 Å². The van der Waals surface area contributed by atoms with Crippen LogP contribution in [0.1, 0.15) is 12.0 Å². The average Bonchev–Trinajstić information content (AvgIpc) is 3.20. The number of carbonyl (C=O) groups is 1. The first kappa shape index (κ1) is 14.5. The van der Waals surface area contributed by atoms with Gasteiger partial charge in [0.25, 0.3) is 0 Å². The molecule has 0 spiro atoms. The van der Waals surface area contributed by atoms with Gasteiger partial charge >= 0.3 is 0 Å². The molecule has 22 heavy (non-hydrogen) atoms. The first-order chi connectivity index (χ1) is 10.8. The first-order valence-corrected chi connectivity index (χ1v) is 7.35.